The quantitative estimate of drug-likeness (QED) is 0.513. The van der Waals surface area contributed by atoms with Crippen molar-refractivity contribution in [1.29, 1.82) is 0 Å². The molecule has 0 bridgehead atoms. The van der Waals surface area contributed by atoms with Crippen LogP contribution in [-0.4, -0.2) is 11.1 Å². The van der Waals surface area contributed by atoms with Crippen LogP contribution < -0.4 is 0 Å². The fourth-order valence-electron chi connectivity index (χ4n) is 0. The van der Waals surface area contributed by atoms with Crippen molar-refractivity contribution in [1.82, 2.24) is 0 Å². The molecule has 5 heavy (non-hydrogen) atoms. The van der Waals surface area contributed by atoms with Crippen LogP contribution in [0.25, 0.3) is 0 Å². The largest absolute Gasteiger partial charge is 0.250 e. The molecule has 0 rings (SSSR count). The molecule has 0 fully saturated rings. The number of alkyl halides is 2. The Bertz CT molecular complexity index is 9.61. The van der Waals surface area contributed by atoms with E-state index in [0.717, 1.165) is 0 Å². The molecule has 0 spiro atoms. The summed E-state index contributed by atoms with van der Waals surface area (Å²) in [5.74, 6) is 0. The molecule has 0 aliphatic carbocycles. The summed E-state index contributed by atoms with van der Waals surface area (Å²) in [4.78, 5) is 0. The van der Waals surface area contributed by atoms with Crippen LogP contribution in [0.4, 0.5) is 4.39 Å². The standard InChI is InChI=1S/C2H4FI.HI/c3-1-2-4;/h1-2H2;1H. The minimum absolute atomic E-state index is 0. The first kappa shape index (κ1) is 9.63. The third kappa shape index (κ3) is 10.8. The molecular weight excluding hydrogens is 297 g/mol. The molecule has 0 aliphatic heterocycles. The molecule has 0 heterocycles. The summed E-state index contributed by atoms with van der Waals surface area (Å²) in [6, 6.07) is 0. The lowest BCUT2D eigenvalue weighted by Gasteiger charge is -1.62. The zero-order valence-electron chi connectivity index (χ0n) is 2.58. The van der Waals surface area contributed by atoms with Crippen molar-refractivity contribution in [2.45, 2.75) is 0 Å². The van der Waals surface area contributed by atoms with Gasteiger partial charge in [-0.2, -0.15) is 0 Å². The summed E-state index contributed by atoms with van der Waals surface area (Å²) in [5.41, 5.74) is 0. The Morgan fingerprint density at radius 3 is 1.80 bits per heavy atom. The van der Waals surface area contributed by atoms with Gasteiger partial charge in [-0.15, -0.1) is 24.0 Å². The van der Waals surface area contributed by atoms with Crippen molar-refractivity contribution < 1.29 is 4.39 Å². The smallest absolute Gasteiger partial charge is 0.0983 e. The molecule has 0 aromatic rings. The van der Waals surface area contributed by atoms with Gasteiger partial charge in [0, 0.05) is 4.43 Å². The van der Waals surface area contributed by atoms with E-state index in [9.17, 15) is 4.39 Å². The van der Waals surface area contributed by atoms with Crippen molar-refractivity contribution in [3.05, 3.63) is 0 Å². The van der Waals surface area contributed by atoms with Gasteiger partial charge in [0.05, 0.1) is 6.67 Å². The maximum Gasteiger partial charge on any atom is 0.0983 e. The molecule has 0 N–H and O–H groups in total. The third-order valence-electron chi connectivity index (χ3n) is 0.0714. The number of hydrogen-bond acceptors (Lipinski definition) is 0. The van der Waals surface area contributed by atoms with Crippen molar-refractivity contribution >= 4 is 46.6 Å². The predicted molar refractivity (Wildman–Crippen MR) is 40.3 cm³/mol. The first-order valence-electron chi connectivity index (χ1n) is 1.03. The Morgan fingerprint density at radius 2 is 1.80 bits per heavy atom. The van der Waals surface area contributed by atoms with E-state index in [0.29, 0.717) is 4.43 Å². The van der Waals surface area contributed by atoms with Crippen LogP contribution >= 0.6 is 46.6 Å². The number of rotatable bonds is 1. The number of hydrogen-bond donors (Lipinski definition) is 0. The van der Waals surface area contributed by atoms with Gasteiger partial charge in [-0.1, -0.05) is 22.6 Å². The van der Waals surface area contributed by atoms with E-state index >= 15 is 0 Å². The van der Waals surface area contributed by atoms with Gasteiger partial charge >= 0.3 is 0 Å². The monoisotopic (exact) mass is 302 g/mol. The topological polar surface area (TPSA) is 0 Å². The van der Waals surface area contributed by atoms with Crippen molar-refractivity contribution in [2.24, 2.45) is 0 Å². The van der Waals surface area contributed by atoms with Gasteiger partial charge in [0.1, 0.15) is 0 Å². The minimum atomic E-state index is -0.194. The maximum atomic E-state index is 10.7. The SMILES string of the molecule is FCCI.I. The highest BCUT2D eigenvalue weighted by molar-refractivity contribution is 14.1. The Labute approximate surface area is 61.7 Å². The first-order valence-corrected chi connectivity index (χ1v) is 2.56. The lowest BCUT2D eigenvalue weighted by Crippen LogP contribution is -1.64. The van der Waals surface area contributed by atoms with E-state index in [-0.39, 0.29) is 30.7 Å². The second-order valence-corrected chi connectivity index (χ2v) is 1.46. The average Bonchev–Trinajstić information content (AvgIpc) is 1.37. The first-order chi connectivity index (χ1) is 1.91. The lowest BCUT2D eigenvalue weighted by atomic mass is 10.9. The van der Waals surface area contributed by atoms with E-state index in [1.807, 2.05) is 22.6 Å². The summed E-state index contributed by atoms with van der Waals surface area (Å²) in [5, 5.41) is 0. The molecule has 0 saturated carbocycles. The second-order valence-electron chi connectivity index (χ2n) is 0.378. The van der Waals surface area contributed by atoms with Gasteiger partial charge in [0.2, 0.25) is 0 Å². The Kier molecular flexibility index (Phi) is 17.4. The second kappa shape index (κ2) is 9.04. The van der Waals surface area contributed by atoms with Crippen LogP contribution in [-0.2, 0) is 0 Å². The van der Waals surface area contributed by atoms with E-state index in [2.05, 4.69) is 0 Å². The van der Waals surface area contributed by atoms with Crippen LogP contribution in [0.5, 0.6) is 0 Å². The van der Waals surface area contributed by atoms with Crippen molar-refractivity contribution in [3.63, 3.8) is 0 Å². The summed E-state index contributed by atoms with van der Waals surface area (Å²) in [6.45, 7) is -0.194. The van der Waals surface area contributed by atoms with Gasteiger partial charge in [-0.05, 0) is 0 Å². The fraction of sp³-hybridized carbons (Fsp3) is 1.00. The molecule has 0 saturated heterocycles. The highest BCUT2D eigenvalue weighted by atomic mass is 127. The van der Waals surface area contributed by atoms with Crippen LogP contribution in [0, 0.1) is 0 Å². The van der Waals surface area contributed by atoms with Gasteiger partial charge < -0.3 is 0 Å². The highest BCUT2D eigenvalue weighted by Crippen LogP contribution is 1.76. The Hall–Kier alpha value is 1.39. The summed E-state index contributed by atoms with van der Waals surface area (Å²) in [7, 11) is 0. The normalized spacial score (nSPS) is 6.00. The van der Waals surface area contributed by atoms with Gasteiger partial charge in [-0.25, -0.2) is 0 Å². The summed E-state index contributed by atoms with van der Waals surface area (Å²) < 4.78 is 11.3. The molecular formula is C2H5FI2. The van der Waals surface area contributed by atoms with E-state index in [1.54, 1.807) is 0 Å². The summed E-state index contributed by atoms with van der Waals surface area (Å²) >= 11 is 1.98. The molecule has 0 nitrogen and oxygen atoms in total. The lowest BCUT2D eigenvalue weighted by molar-refractivity contribution is 0.537. The van der Waals surface area contributed by atoms with Gasteiger partial charge in [-0.3, -0.25) is 4.39 Å². The minimum Gasteiger partial charge on any atom is -0.250 e. The third-order valence-corrected chi connectivity index (χ3v) is 0.479. The van der Waals surface area contributed by atoms with Crippen molar-refractivity contribution in [2.75, 3.05) is 11.1 Å². The van der Waals surface area contributed by atoms with Crippen LogP contribution in [0.1, 0.15) is 0 Å². The fourth-order valence-corrected chi connectivity index (χ4v) is 0. The van der Waals surface area contributed by atoms with E-state index < -0.39 is 0 Å². The van der Waals surface area contributed by atoms with E-state index in [4.69, 9.17) is 0 Å². The predicted octanol–water partition coefficient (Wildman–Crippen LogP) is 2.01. The van der Waals surface area contributed by atoms with Crippen LogP contribution in [0.15, 0.2) is 0 Å². The zero-order valence-corrected chi connectivity index (χ0v) is 7.07. The van der Waals surface area contributed by atoms with Crippen LogP contribution in [0.2, 0.25) is 0 Å². The molecule has 0 aromatic heterocycles. The molecule has 34 valence electrons. The maximum absolute atomic E-state index is 10.7. The molecule has 0 radical (unpaired) electrons. The van der Waals surface area contributed by atoms with Crippen molar-refractivity contribution in [3.8, 4) is 0 Å². The highest BCUT2D eigenvalue weighted by Gasteiger charge is 1.62. The molecule has 3 heteroatoms. The molecule has 0 aromatic carbocycles. The molecule has 0 aliphatic rings. The molecule has 0 amide bonds. The van der Waals surface area contributed by atoms with Gasteiger partial charge in [0.15, 0.2) is 0 Å². The Balaban J connectivity index is 0. The van der Waals surface area contributed by atoms with Gasteiger partial charge in [0.25, 0.3) is 0 Å². The summed E-state index contributed by atoms with van der Waals surface area (Å²) in [6.07, 6.45) is 0. The zero-order chi connectivity index (χ0) is 3.41. The molecule has 0 unspecified atom stereocenters. The van der Waals surface area contributed by atoms with Crippen LogP contribution in [0.3, 0.4) is 0 Å². The molecule has 0 atom stereocenters. The number of halogens is 3. The van der Waals surface area contributed by atoms with E-state index in [1.165, 1.54) is 0 Å². The Morgan fingerprint density at radius 1 is 1.60 bits per heavy atom. The average molecular weight is 302 g/mol.